The summed E-state index contributed by atoms with van der Waals surface area (Å²) in [5.41, 5.74) is 10.5. The van der Waals surface area contributed by atoms with E-state index in [0.29, 0.717) is 6.61 Å². The van der Waals surface area contributed by atoms with Crippen molar-refractivity contribution in [1.29, 1.82) is 0 Å². The van der Waals surface area contributed by atoms with Crippen LogP contribution in [0.15, 0.2) is 0 Å². The van der Waals surface area contributed by atoms with Crippen LogP contribution in [-0.2, 0) is 0 Å². The first-order chi connectivity index (χ1) is 5.22. The molecule has 0 atom stereocenters. The molecule has 4 N–H and O–H groups in total. The van der Waals surface area contributed by atoms with Crippen LogP contribution in [0.1, 0.15) is 6.92 Å². The molecule has 1 heterocycles. The second kappa shape index (κ2) is 3.00. The van der Waals surface area contributed by atoms with Crippen molar-refractivity contribution in [3.63, 3.8) is 0 Å². The van der Waals surface area contributed by atoms with Crippen LogP contribution in [0, 0.1) is 0 Å². The number of ether oxygens (including phenoxy) is 1. The van der Waals surface area contributed by atoms with Crippen molar-refractivity contribution in [3.05, 3.63) is 0 Å². The zero-order valence-corrected chi connectivity index (χ0v) is 6.11. The summed E-state index contributed by atoms with van der Waals surface area (Å²) in [4.78, 5) is 10.9. The summed E-state index contributed by atoms with van der Waals surface area (Å²) in [5.74, 6) is 0.141. The molecular weight excluding hydrogens is 146 g/mol. The third-order valence-corrected chi connectivity index (χ3v) is 0.923. The summed E-state index contributed by atoms with van der Waals surface area (Å²) in [6.45, 7) is 2.29. The lowest BCUT2D eigenvalue weighted by molar-refractivity contribution is 0.312. The maximum Gasteiger partial charge on any atom is 0.323 e. The lowest BCUT2D eigenvalue weighted by atomic mass is 10.8. The molecule has 1 aromatic rings. The Kier molecular flexibility index (Phi) is 2.05. The SMILES string of the molecule is CCOc1nc(N)nc(N)n1. The van der Waals surface area contributed by atoms with Crippen molar-refractivity contribution < 1.29 is 4.74 Å². The molecule has 0 amide bonds. The molecule has 0 aliphatic carbocycles. The van der Waals surface area contributed by atoms with Crippen molar-refractivity contribution in [2.24, 2.45) is 0 Å². The van der Waals surface area contributed by atoms with Gasteiger partial charge in [0.05, 0.1) is 6.61 Å². The van der Waals surface area contributed by atoms with Gasteiger partial charge in [0.25, 0.3) is 0 Å². The van der Waals surface area contributed by atoms with Gasteiger partial charge in [-0.15, -0.1) is 0 Å². The Morgan fingerprint density at radius 1 is 1.18 bits per heavy atom. The highest BCUT2D eigenvalue weighted by molar-refractivity contribution is 5.27. The van der Waals surface area contributed by atoms with Gasteiger partial charge in [-0.25, -0.2) is 0 Å². The van der Waals surface area contributed by atoms with Crippen molar-refractivity contribution in [1.82, 2.24) is 15.0 Å². The van der Waals surface area contributed by atoms with E-state index in [1.54, 1.807) is 0 Å². The third kappa shape index (κ3) is 1.92. The van der Waals surface area contributed by atoms with Gasteiger partial charge in [-0.3, -0.25) is 0 Å². The van der Waals surface area contributed by atoms with Crippen LogP contribution in [0.25, 0.3) is 0 Å². The maximum atomic E-state index is 5.27. The van der Waals surface area contributed by atoms with Gasteiger partial charge in [0, 0.05) is 0 Å². The van der Waals surface area contributed by atoms with Crippen LogP contribution in [-0.4, -0.2) is 21.6 Å². The Bertz CT molecular complexity index is 230. The zero-order valence-electron chi connectivity index (χ0n) is 6.11. The minimum absolute atomic E-state index is 0.0703. The van der Waals surface area contributed by atoms with E-state index in [4.69, 9.17) is 16.2 Å². The number of hydrogen-bond acceptors (Lipinski definition) is 6. The van der Waals surface area contributed by atoms with Crippen LogP contribution in [0.5, 0.6) is 6.01 Å². The molecule has 0 bridgehead atoms. The van der Waals surface area contributed by atoms with Crippen LogP contribution < -0.4 is 16.2 Å². The lowest BCUT2D eigenvalue weighted by Crippen LogP contribution is -2.06. The summed E-state index contributed by atoms with van der Waals surface area (Å²) < 4.78 is 4.95. The Morgan fingerprint density at radius 3 is 2.18 bits per heavy atom. The molecule has 6 heteroatoms. The summed E-state index contributed by atoms with van der Waals surface area (Å²) in [7, 11) is 0. The topological polar surface area (TPSA) is 99.9 Å². The van der Waals surface area contributed by atoms with Crippen molar-refractivity contribution in [2.45, 2.75) is 6.92 Å². The number of nitrogens with zero attached hydrogens (tertiary/aromatic N) is 3. The van der Waals surface area contributed by atoms with Gasteiger partial charge in [0.2, 0.25) is 11.9 Å². The lowest BCUT2D eigenvalue weighted by Gasteiger charge is -2.00. The van der Waals surface area contributed by atoms with Crippen LogP contribution in [0.2, 0.25) is 0 Å². The average molecular weight is 155 g/mol. The van der Waals surface area contributed by atoms with Crippen molar-refractivity contribution in [3.8, 4) is 6.01 Å². The molecule has 0 saturated heterocycles. The highest BCUT2D eigenvalue weighted by Crippen LogP contribution is 2.04. The molecular formula is C5H9N5O. The van der Waals surface area contributed by atoms with Gasteiger partial charge in [-0.05, 0) is 6.92 Å². The monoisotopic (exact) mass is 155 g/mol. The molecule has 0 unspecified atom stereocenters. The van der Waals surface area contributed by atoms with E-state index < -0.39 is 0 Å². The zero-order chi connectivity index (χ0) is 8.27. The van der Waals surface area contributed by atoms with E-state index in [9.17, 15) is 0 Å². The van der Waals surface area contributed by atoms with E-state index in [1.807, 2.05) is 6.92 Å². The quantitative estimate of drug-likeness (QED) is 0.593. The molecule has 0 saturated carbocycles. The van der Waals surface area contributed by atoms with E-state index in [1.165, 1.54) is 0 Å². The fourth-order valence-electron chi connectivity index (χ4n) is 0.582. The van der Waals surface area contributed by atoms with Gasteiger partial charge in [-0.2, -0.15) is 15.0 Å². The van der Waals surface area contributed by atoms with Gasteiger partial charge >= 0.3 is 6.01 Å². The van der Waals surface area contributed by atoms with Crippen molar-refractivity contribution >= 4 is 11.9 Å². The van der Waals surface area contributed by atoms with Crippen LogP contribution in [0.4, 0.5) is 11.9 Å². The number of anilines is 2. The van der Waals surface area contributed by atoms with E-state index in [2.05, 4.69) is 15.0 Å². The maximum absolute atomic E-state index is 5.27. The minimum Gasteiger partial charge on any atom is -0.464 e. The highest BCUT2D eigenvalue weighted by Gasteiger charge is 1.99. The largest absolute Gasteiger partial charge is 0.464 e. The number of rotatable bonds is 2. The second-order valence-corrected chi connectivity index (χ2v) is 1.77. The molecule has 6 nitrogen and oxygen atoms in total. The number of aromatic nitrogens is 3. The predicted octanol–water partition coefficient (Wildman–Crippen LogP) is -0.565. The smallest absolute Gasteiger partial charge is 0.323 e. The standard InChI is InChI=1S/C5H9N5O/c1-2-11-5-9-3(6)8-4(7)10-5/h2H2,1H3,(H4,6,7,8,9,10). The van der Waals surface area contributed by atoms with Gasteiger partial charge in [0.1, 0.15) is 0 Å². The first kappa shape index (κ1) is 7.52. The average Bonchev–Trinajstić information content (AvgIpc) is 1.85. The molecule has 1 aromatic heterocycles. The second-order valence-electron chi connectivity index (χ2n) is 1.77. The molecule has 0 spiro atoms. The van der Waals surface area contributed by atoms with E-state index in [0.717, 1.165) is 0 Å². The Balaban J connectivity index is 2.89. The van der Waals surface area contributed by atoms with Gasteiger partial charge < -0.3 is 16.2 Å². The molecule has 0 aliphatic rings. The predicted molar refractivity (Wildman–Crippen MR) is 39.8 cm³/mol. The molecule has 1 rings (SSSR count). The van der Waals surface area contributed by atoms with Crippen LogP contribution in [0.3, 0.4) is 0 Å². The molecule has 60 valence electrons. The minimum atomic E-state index is 0.0703. The van der Waals surface area contributed by atoms with E-state index in [-0.39, 0.29) is 17.9 Å². The first-order valence-electron chi connectivity index (χ1n) is 3.12. The Labute approximate surface area is 63.6 Å². The fourth-order valence-corrected chi connectivity index (χ4v) is 0.582. The summed E-state index contributed by atoms with van der Waals surface area (Å²) in [6, 6.07) is 0.164. The number of hydrogen-bond donors (Lipinski definition) is 2. The molecule has 0 aromatic carbocycles. The molecule has 0 radical (unpaired) electrons. The van der Waals surface area contributed by atoms with Crippen LogP contribution >= 0.6 is 0 Å². The number of nitrogens with two attached hydrogens (primary N) is 2. The number of nitrogen functional groups attached to an aromatic ring is 2. The summed E-state index contributed by atoms with van der Waals surface area (Å²) >= 11 is 0. The molecule has 0 fully saturated rings. The third-order valence-electron chi connectivity index (χ3n) is 0.923. The normalized spacial score (nSPS) is 9.55. The molecule has 0 aliphatic heterocycles. The Hall–Kier alpha value is -1.59. The highest BCUT2D eigenvalue weighted by atomic mass is 16.5. The molecule has 11 heavy (non-hydrogen) atoms. The summed E-state index contributed by atoms with van der Waals surface area (Å²) in [5, 5.41) is 0. The van der Waals surface area contributed by atoms with E-state index >= 15 is 0 Å². The fraction of sp³-hybridized carbons (Fsp3) is 0.400. The summed E-state index contributed by atoms with van der Waals surface area (Å²) in [6.07, 6.45) is 0. The van der Waals surface area contributed by atoms with Crippen molar-refractivity contribution in [2.75, 3.05) is 18.1 Å². The van der Waals surface area contributed by atoms with Gasteiger partial charge in [-0.1, -0.05) is 0 Å². The van der Waals surface area contributed by atoms with Gasteiger partial charge in [0.15, 0.2) is 0 Å². The Morgan fingerprint density at radius 2 is 1.73 bits per heavy atom. The first-order valence-corrected chi connectivity index (χ1v) is 3.12.